The van der Waals surface area contributed by atoms with Gasteiger partial charge in [-0.1, -0.05) is 0 Å². The van der Waals surface area contributed by atoms with Crippen molar-refractivity contribution < 1.29 is 64.6 Å². The van der Waals surface area contributed by atoms with Crippen LogP contribution in [0.25, 0.3) is 0 Å². The minimum atomic E-state index is 0. The summed E-state index contributed by atoms with van der Waals surface area (Å²) in [6, 6.07) is 0. The Balaban J connectivity index is 0.00000181. The topological polar surface area (TPSA) is 26.4 Å². The number of aryl methyl sites for hydroxylation is 3. The lowest BCUT2D eigenvalue weighted by Gasteiger charge is -2.20. The van der Waals surface area contributed by atoms with E-state index in [1.165, 1.54) is 33.4 Å². The second-order valence-electron chi connectivity index (χ2n) is 8.56. The fourth-order valence-electron chi connectivity index (χ4n) is 4.44. The third kappa shape index (κ3) is 6.45. The molecule has 6 nitrogen and oxygen atoms in total. The molecule has 0 amide bonds. The van der Waals surface area contributed by atoms with E-state index in [0.29, 0.717) is 0 Å². The molecule has 9 heteroatoms. The van der Waals surface area contributed by atoms with Crippen LogP contribution in [-0.2, 0) is 40.8 Å². The fraction of sp³-hybridized carbons (Fsp3) is 0.375. The summed E-state index contributed by atoms with van der Waals surface area (Å²) in [6.07, 6.45) is 19.2. The van der Waals surface area contributed by atoms with Crippen LogP contribution in [0, 0.1) is 20.8 Å². The van der Waals surface area contributed by atoms with Gasteiger partial charge in [0.15, 0.2) is 0 Å². The summed E-state index contributed by atoms with van der Waals surface area (Å²) >= 11 is 0. The number of hydrogen-bond acceptors (Lipinski definition) is 0. The summed E-state index contributed by atoms with van der Waals surface area (Å²) in [5, 5.41) is 0. The number of rotatable bonds is 6. The number of aromatic nitrogens is 6. The lowest BCUT2D eigenvalue weighted by molar-refractivity contribution is -0.671. The Kier molecular flexibility index (Phi) is 10.8. The second kappa shape index (κ2) is 12.1. The van der Waals surface area contributed by atoms with Gasteiger partial charge in [-0.2, -0.15) is 0 Å². The van der Waals surface area contributed by atoms with Crippen molar-refractivity contribution in [1.82, 2.24) is 13.7 Å². The van der Waals surface area contributed by atoms with Crippen molar-refractivity contribution in [2.45, 2.75) is 40.4 Å². The molecule has 0 saturated carbocycles. The van der Waals surface area contributed by atoms with Gasteiger partial charge in [-0.25, -0.2) is 27.4 Å². The first-order chi connectivity index (χ1) is 14.3. The molecule has 4 rings (SSSR count). The summed E-state index contributed by atoms with van der Waals surface area (Å²) in [4.78, 5) is 0. The molecule has 0 atom stereocenters. The van der Waals surface area contributed by atoms with Gasteiger partial charge in [0.1, 0.15) is 56.8 Å². The van der Waals surface area contributed by atoms with Crippen molar-refractivity contribution in [3.8, 4) is 0 Å². The standard InChI is InChI=1S/C24H33N6.3BrH/c1-19-22(13-28-10-7-25(4)16-28)20(2)24(15-30-12-9-27(6)18-30)21(3)23(19)14-29-11-8-26(5)17-29;;;/h7-12,16-18H,13-15H2,1-6H3;3*1H/q+3;;;/p-3. The number of imidazole rings is 3. The Morgan fingerprint density at radius 3 is 0.939 bits per heavy atom. The third-order valence-electron chi connectivity index (χ3n) is 6.21. The number of hydrogen-bond donors (Lipinski definition) is 0. The fourth-order valence-corrected chi connectivity index (χ4v) is 4.44. The Hall–Kier alpha value is -1.71. The van der Waals surface area contributed by atoms with Crippen molar-refractivity contribution in [3.63, 3.8) is 0 Å². The highest BCUT2D eigenvalue weighted by atomic mass is 79.9. The first-order valence-corrected chi connectivity index (χ1v) is 10.4. The minimum Gasteiger partial charge on any atom is -1.00 e. The van der Waals surface area contributed by atoms with Crippen LogP contribution in [-0.4, -0.2) is 13.7 Å². The van der Waals surface area contributed by atoms with Crippen molar-refractivity contribution >= 4 is 0 Å². The molecular formula is C24H33Br3N6. The Morgan fingerprint density at radius 2 is 0.758 bits per heavy atom. The van der Waals surface area contributed by atoms with Gasteiger partial charge in [-0.05, 0) is 37.5 Å². The average Bonchev–Trinajstić information content (AvgIpc) is 3.42. The Morgan fingerprint density at radius 1 is 0.515 bits per heavy atom. The molecule has 0 bridgehead atoms. The highest BCUT2D eigenvalue weighted by molar-refractivity contribution is 5.51. The molecule has 33 heavy (non-hydrogen) atoms. The van der Waals surface area contributed by atoms with E-state index in [0.717, 1.165) is 19.6 Å². The predicted octanol–water partition coefficient (Wildman–Crippen LogP) is -7.35. The van der Waals surface area contributed by atoms with Crippen molar-refractivity contribution in [1.29, 1.82) is 0 Å². The van der Waals surface area contributed by atoms with E-state index in [2.05, 4.69) is 125 Å². The maximum Gasteiger partial charge on any atom is 0.243 e. The summed E-state index contributed by atoms with van der Waals surface area (Å²) in [7, 11) is 6.21. The smallest absolute Gasteiger partial charge is 0.243 e. The van der Waals surface area contributed by atoms with Crippen LogP contribution in [0.4, 0.5) is 0 Å². The van der Waals surface area contributed by atoms with Crippen LogP contribution in [0.3, 0.4) is 0 Å². The van der Waals surface area contributed by atoms with Crippen LogP contribution in [0.5, 0.6) is 0 Å². The zero-order valence-corrected chi connectivity index (χ0v) is 24.9. The molecule has 180 valence electrons. The minimum absolute atomic E-state index is 0. The summed E-state index contributed by atoms with van der Waals surface area (Å²) in [6.45, 7) is 9.53. The number of nitrogens with zero attached hydrogens (tertiary/aromatic N) is 6. The van der Waals surface area contributed by atoms with Gasteiger partial charge >= 0.3 is 0 Å². The molecule has 3 aromatic heterocycles. The van der Waals surface area contributed by atoms with Crippen LogP contribution < -0.4 is 64.6 Å². The van der Waals surface area contributed by atoms with E-state index >= 15 is 0 Å². The Labute approximate surface area is 228 Å². The zero-order chi connectivity index (χ0) is 21.4. The summed E-state index contributed by atoms with van der Waals surface area (Å²) < 4.78 is 13.1. The summed E-state index contributed by atoms with van der Waals surface area (Å²) in [5.74, 6) is 0. The predicted molar refractivity (Wildman–Crippen MR) is 115 cm³/mol. The van der Waals surface area contributed by atoms with Crippen molar-refractivity contribution in [2.24, 2.45) is 21.1 Å². The van der Waals surface area contributed by atoms with Crippen LogP contribution >= 0.6 is 0 Å². The van der Waals surface area contributed by atoms with Gasteiger partial charge in [0.05, 0.1) is 21.1 Å². The quantitative estimate of drug-likeness (QED) is 0.187. The first-order valence-electron chi connectivity index (χ1n) is 10.4. The molecule has 0 fully saturated rings. The SMILES string of the molecule is Cc1c(Cn2cc[n+](C)c2)c(C)c(Cn2cc[n+](C)c2)c(C)c1Cn1cc[n+](C)c1.[Br-].[Br-].[Br-]. The molecule has 0 aliphatic carbocycles. The molecule has 0 unspecified atom stereocenters. The van der Waals surface area contributed by atoms with Gasteiger partial charge in [-0.3, -0.25) is 0 Å². The van der Waals surface area contributed by atoms with Crippen molar-refractivity contribution in [2.75, 3.05) is 0 Å². The van der Waals surface area contributed by atoms with E-state index in [1.807, 2.05) is 0 Å². The van der Waals surface area contributed by atoms with E-state index < -0.39 is 0 Å². The third-order valence-corrected chi connectivity index (χ3v) is 6.21. The van der Waals surface area contributed by atoms with Crippen molar-refractivity contribution in [3.05, 3.63) is 89.5 Å². The molecule has 0 aliphatic rings. The summed E-state index contributed by atoms with van der Waals surface area (Å²) in [5.41, 5.74) is 8.48. The molecule has 1 aromatic carbocycles. The molecule has 0 N–H and O–H groups in total. The largest absolute Gasteiger partial charge is 1.00 e. The molecule has 0 aliphatic heterocycles. The van der Waals surface area contributed by atoms with Gasteiger partial charge in [-0.15, -0.1) is 0 Å². The van der Waals surface area contributed by atoms with Gasteiger partial charge in [0.25, 0.3) is 0 Å². The van der Waals surface area contributed by atoms with Gasteiger partial charge in [0.2, 0.25) is 19.0 Å². The molecular weight excluding hydrogens is 612 g/mol. The molecule has 0 saturated heterocycles. The van der Waals surface area contributed by atoms with Crippen LogP contribution in [0.15, 0.2) is 56.2 Å². The van der Waals surface area contributed by atoms with E-state index in [-0.39, 0.29) is 50.9 Å². The van der Waals surface area contributed by atoms with E-state index in [4.69, 9.17) is 0 Å². The molecule has 0 radical (unpaired) electrons. The number of benzene rings is 1. The van der Waals surface area contributed by atoms with Crippen LogP contribution in [0.1, 0.15) is 33.4 Å². The number of halogens is 3. The first kappa shape index (κ1) is 29.3. The highest BCUT2D eigenvalue weighted by Gasteiger charge is 2.21. The van der Waals surface area contributed by atoms with Crippen LogP contribution in [0.2, 0.25) is 0 Å². The average molecular weight is 645 g/mol. The van der Waals surface area contributed by atoms with E-state index in [9.17, 15) is 0 Å². The molecule has 0 spiro atoms. The zero-order valence-electron chi connectivity index (χ0n) is 20.1. The molecule has 3 heterocycles. The maximum atomic E-state index is 2.29. The molecule has 4 aromatic rings. The highest BCUT2D eigenvalue weighted by Crippen LogP contribution is 2.29. The van der Waals surface area contributed by atoms with E-state index in [1.54, 1.807) is 0 Å². The lowest BCUT2D eigenvalue weighted by atomic mass is 9.87. The normalized spacial score (nSPS) is 10.4. The van der Waals surface area contributed by atoms with Gasteiger partial charge < -0.3 is 50.9 Å². The Bertz CT molecular complexity index is 1040. The lowest BCUT2D eigenvalue weighted by Crippen LogP contribution is -3.00. The monoisotopic (exact) mass is 642 g/mol. The second-order valence-corrected chi connectivity index (χ2v) is 8.56. The van der Waals surface area contributed by atoms with Gasteiger partial charge in [0, 0.05) is 16.7 Å². The maximum absolute atomic E-state index is 2.29.